The normalized spacial score (nSPS) is 15.8. The van der Waals surface area contributed by atoms with E-state index in [9.17, 15) is 4.79 Å². The van der Waals surface area contributed by atoms with E-state index >= 15 is 0 Å². The van der Waals surface area contributed by atoms with E-state index in [0.717, 1.165) is 68.7 Å². The maximum absolute atomic E-state index is 13.6. The van der Waals surface area contributed by atoms with Crippen molar-refractivity contribution in [2.75, 3.05) is 33.4 Å². The van der Waals surface area contributed by atoms with Gasteiger partial charge in [-0.2, -0.15) is 5.10 Å². The summed E-state index contributed by atoms with van der Waals surface area (Å²) in [6, 6.07) is 5.90. The number of ether oxygens (including phenoxy) is 2. The van der Waals surface area contributed by atoms with Gasteiger partial charge in [-0.1, -0.05) is 0 Å². The van der Waals surface area contributed by atoms with Crippen molar-refractivity contribution in [1.82, 2.24) is 34.2 Å². The van der Waals surface area contributed by atoms with E-state index in [1.54, 1.807) is 19.5 Å². The van der Waals surface area contributed by atoms with Gasteiger partial charge in [0.05, 0.1) is 54.5 Å². The molecule has 0 N–H and O–H groups in total. The van der Waals surface area contributed by atoms with E-state index in [4.69, 9.17) is 24.5 Å². The van der Waals surface area contributed by atoms with Crippen LogP contribution >= 0.6 is 0 Å². The van der Waals surface area contributed by atoms with Crippen LogP contribution in [0.15, 0.2) is 36.8 Å². The summed E-state index contributed by atoms with van der Waals surface area (Å²) in [5, 5.41) is 6.80. The Hall–Kier alpha value is -4.31. The Morgan fingerprint density at radius 1 is 1.07 bits per heavy atom. The molecule has 7 rings (SSSR count). The van der Waals surface area contributed by atoms with Crippen LogP contribution in [0.3, 0.4) is 0 Å². The summed E-state index contributed by atoms with van der Waals surface area (Å²) in [6.07, 6.45) is 7.51. The zero-order chi connectivity index (χ0) is 27.5. The summed E-state index contributed by atoms with van der Waals surface area (Å²) in [5.74, 6) is 1.86. The second-order valence-corrected chi connectivity index (χ2v) is 10.6. The quantitative estimate of drug-likeness (QED) is 0.329. The van der Waals surface area contributed by atoms with Gasteiger partial charge in [-0.25, -0.2) is 9.67 Å². The first-order valence-corrected chi connectivity index (χ1v) is 13.7. The van der Waals surface area contributed by atoms with Crippen molar-refractivity contribution in [1.29, 1.82) is 0 Å². The predicted octanol–water partition coefficient (Wildman–Crippen LogP) is 4.34. The number of carbonyl (C=O) groups is 1. The Bertz CT molecular complexity index is 1790. The fourth-order valence-corrected chi connectivity index (χ4v) is 5.91. The lowest BCUT2D eigenvalue weighted by Crippen LogP contribution is -2.41. The van der Waals surface area contributed by atoms with E-state index in [1.807, 2.05) is 46.4 Å². The molecule has 5 aromatic rings. The zero-order valence-corrected chi connectivity index (χ0v) is 23.1. The van der Waals surface area contributed by atoms with Crippen LogP contribution in [0.4, 0.5) is 0 Å². The van der Waals surface area contributed by atoms with Gasteiger partial charge in [0.2, 0.25) is 0 Å². The van der Waals surface area contributed by atoms with Crippen molar-refractivity contribution in [3.8, 4) is 22.8 Å². The topological polar surface area (TPSA) is 100 Å². The van der Waals surface area contributed by atoms with Gasteiger partial charge in [-0.3, -0.25) is 14.8 Å². The molecule has 10 heteroatoms. The Kier molecular flexibility index (Phi) is 5.81. The lowest BCUT2D eigenvalue weighted by molar-refractivity contribution is 0.0296. The van der Waals surface area contributed by atoms with E-state index in [0.29, 0.717) is 43.7 Å². The molecule has 0 aromatic carbocycles. The Morgan fingerprint density at radius 3 is 2.62 bits per heavy atom. The van der Waals surface area contributed by atoms with Crippen LogP contribution in [0.1, 0.15) is 46.2 Å². The van der Waals surface area contributed by atoms with Crippen molar-refractivity contribution in [2.45, 2.75) is 32.6 Å². The van der Waals surface area contributed by atoms with Crippen molar-refractivity contribution >= 4 is 27.7 Å². The minimum absolute atomic E-state index is 0.0455. The summed E-state index contributed by atoms with van der Waals surface area (Å²) in [7, 11) is 3.62. The Labute approximate surface area is 231 Å². The third-order valence-electron chi connectivity index (χ3n) is 8.16. The number of pyridine rings is 3. The fourth-order valence-electron chi connectivity index (χ4n) is 5.91. The molecule has 1 aliphatic carbocycles. The Balaban J connectivity index is 1.41. The molecular weight excluding hydrogens is 506 g/mol. The van der Waals surface area contributed by atoms with Crippen molar-refractivity contribution in [3.63, 3.8) is 0 Å². The van der Waals surface area contributed by atoms with Crippen molar-refractivity contribution in [3.05, 3.63) is 59.4 Å². The highest BCUT2D eigenvalue weighted by Crippen LogP contribution is 2.44. The number of amides is 1. The number of fused-ring (bicyclic) bond motifs is 2. The molecule has 0 unspecified atom stereocenters. The number of methoxy groups -OCH3 is 1. The minimum atomic E-state index is 0.0455. The van der Waals surface area contributed by atoms with Crippen molar-refractivity contribution in [2.24, 2.45) is 7.05 Å². The molecule has 1 saturated carbocycles. The van der Waals surface area contributed by atoms with Crippen LogP contribution in [-0.4, -0.2) is 73.5 Å². The first kappa shape index (κ1) is 24.7. The molecule has 0 radical (unpaired) electrons. The smallest absolute Gasteiger partial charge is 0.270 e. The third-order valence-corrected chi connectivity index (χ3v) is 8.16. The first-order valence-electron chi connectivity index (χ1n) is 13.7. The Morgan fingerprint density at radius 2 is 1.88 bits per heavy atom. The molecule has 2 aliphatic rings. The van der Waals surface area contributed by atoms with Gasteiger partial charge in [0, 0.05) is 61.0 Å². The van der Waals surface area contributed by atoms with Gasteiger partial charge in [0.1, 0.15) is 11.4 Å². The van der Waals surface area contributed by atoms with Gasteiger partial charge in [0.15, 0.2) is 5.82 Å². The van der Waals surface area contributed by atoms with Gasteiger partial charge in [0.25, 0.3) is 5.91 Å². The first-order chi connectivity index (χ1) is 19.5. The van der Waals surface area contributed by atoms with E-state index in [1.165, 1.54) is 0 Å². The van der Waals surface area contributed by atoms with Crippen LogP contribution in [0.2, 0.25) is 0 Å². The molecule has 2 fully saturated rings. The monoisotopic (exact) mass is 537 g/mol. The van der Waals surface area contributed by atoms with E-state index in [2.05, 4.69) is 18.0 Å². The molecule has 204 valence electrons. The number of nitrogens with zero attached hydrogens (tertiary/aromatic N) is 7. The number of hydrogen-bond acceptors (Lipinski definition) is 7. The number of carbonyl (C=O) groups excluding carboxylic acids is 1. The van der Waals surface area contributed by atoms with E-state index in [-0.39, 0.29) is 5.91 Å². The maximum Gasteiger partial charge on any atom is 0.270 e. The lowest BCUT2D eigenvalue weighted by Gasteiger charge is -2.27. The summed E-state index contributed by atoms with van der Waals surface area (Å²) in [5.41, 5.74) is 7.08. The largest absolute Gasteiger partial charge is 0.496 e. The average molecular weight is 538 g/mol. The molecular formula is C30H31N7O3. The molecule has 1 saturated heterocycles. The molecule has 0 bridgehead atoms. The molecule has 1 aliphatic heterocycles. The highest BCUT2D eigenvalue weighted by molar-refractivity contribution is 6.03. The van der Waals surface area contributed by atoms with Gasteiger partial charge in [-0.05, 0) is 44.4 Å². The number of hydrogen-bond donors (Lipinski definition) is 0. The fraction of sp³-hybridized carbons (Fsp3) is 0.367. The third kappa shape index (κ3) is 3.85. The molecule has 5 aromatic heterocycles. The van der Waals surface area contributed by atoms with Crippen LogP contribution in [0.5, 0.6) is 5.75 Å². The molecule has 1 amide bonds. The molecule has 0 spiro atoms. The van der Waals surface area contributed by atoms with Crippen LogP contribution in [0, 0.1) is 13.8 Å². The second-order valence-electron chi connectivity index (χ2n) is 10.6. The lowest BCUT2D eigenvalue weighted by atomic mass is 10.1. The van der Waals surface area contributed by atoms with Crippen molar-refractivity contribution < 1.29 is 14.3 Å². The summed E-state index contributed by atoms with van der Waals surface area (Å²) in [4.78, 5) is 29.9. The van der Waals surface area contributed by atoms with Gasteiger partial charge in [-0.15, -0.1) is 0 Å². The molecule has 0 atom stereocenters. The standard InChI is InChI=1S/C30H31N7O3/c1-17-27-24(35(3)29(17)30(38)36-9-11-40-12-10-36)14-26(34-28(27)19-5-6-19)37-23-13-22(33-18(2)20(23)16-32-37)21-15-31-8-7-25(21)39-4/h7-8,13-16,19H,5-6,9-12H2,1-4H3. The second kappa shape index (κ2) is 9.41. The summed E-state index contributed by atoms with van der Waals surface area (Å²) >= 11 is 0. The molecule has 6 heterocycles. The SMILES string of the molecule is COc1ccncc1-c1cc2c(cnn2-c2cc3c(c(C4CC4)n2)c(C)c(C(=O)N2CCOCC2)n3C)c(C)n1. The minimum Gasteiger partial charge on any atom is -0.496 e. The highest BCUT2D eigenvalue weighted by Gasteiger charge is 2.33. The maximum atomic E-state index is 13.6. The summed E-state index contributed by atoms with van der Waals surface area (Å²) in [6.45, 7) is 6.39. The average Bonchev–Trinajstić information content (AvgIpc) is 3.69. The number of rotatable bonds is 5. The highest BCUT2D eigenvalue weighted by atomic mass is 16.5. The molecule has 40 heavy (non-hydrogen) atoms. The number of aryl methyl sites for hydroxylation is 3. The van der Waals surface area contributed by atoms with Gasteiger partial charge < -0.3 is 18.9 Å². The number of morpholine rings is 1. The zero-order valence-electron chi connectivity index (χ0n) is 23.1. The molecule has 10 nitrogen and oxygen atoms in total. The van der Waals surface area contributed by atoms with Crippen LogP contribution in [0.25, 0.3) is 38.9 Å². The van der Waals surface area contributed by atoms with Crippen LogP contribution in [-0.2, 0) is 11.8 Å². The van der Waals surface area contributed by atoms with Crippen LogP contribution < -0.4 is 4.74 Å². The summed E-state index contributed by atoms with van der Waals surface area (Å²) < 4.78 is 15.0. The predicted molar refractivity (Wildman–Crippen MR) is 151 cm³/mol. The van der Waals surface area contributed by atoms with E-state index < -0.39 is 0 Å². The van der Waals surface area contributed by atoms with Gasteiger partial charge >= 0.3 is 0 Å². The number of aromatic nitrogens is 6.